The first-order valence-corrected chi connectivity index (χ1v) is 6.56. The van der Waals surface area contributed by atoms with Crippen LogP contribution in [0.15, 0.2) is 0 Å². The molecule has 80 valence electrons. The maximum Gasteiger partial charge on any atom is 0.269 e. The van der Waals surface area contributed by atoms with E-state index < -0.39 is 15.7 Å². The highest BCUT2D eigenvalue weighted by Gasteiger charge is 2.22. The van der Waals surface area contributed by atoms with Crippen LogP contribution >= 0.6 is 12.6 Å². The minimum Gasteiger partial charge on any atom is -0.376 e. The van der Waals surface area contributed by atoms with Crippen LogP contribution in [-0.2, 0) is 13.9 Å². The van der Waals surface area contributed by atoms with Crippen molar-refractivity contribution in [3.63, 3.8) is 0 Å². The zero-order chi connectivity index (χ0) is 10.3. The minimum absolute atomic E-state index is 0.451. The Kier molecular flexibility index (Phi) is 7.07. The molecule has 0 aliphatic heterocycles. The molecule has 0 heterocycles. The molecule has 1 unspecified atom stereocenters. The molecule has 0 aromatic rings. The molecule has 0 radical (unpaired) electrons. The third-order valence-corrected chi connectivity index (χ3v) is 3.56. The van der Waals surface area contributed by atoms with Gasteiger partial charge in [-0.15, -0.1) is 0 Å². The lowest BCUT2D eigenvalue weighted by Gasteiger charge is -2.26. The van der Waals surface area contributed by atoms with Gasteiger partial charge in [0.1, 0.15) is 0 Å². The largest absolute Gasteiger partial charge is 0.376 e. The van der Waals surface area contributed by atoms with Gasteiger partial charge < -0.3 is 13.9 Å². The monoisotopic (exact) mass is 224 g/mol. The smallest absolute Gasteiger partial charge is 0.269 e. The average Bonchev–Trinajstić information content (AvgIpc) is 2.12. The van der Waals surface area contributed by atoms with E-state index in [1.54, 1.807) is 21.1 Å². The van der Waals surface area contributed by atoms with E-state index in [-0.39, 0.29) is 0 Å². The zero-order valence-electron chi connectivity index (χ0n) is 8.87. The molecule has 0 aromatic heterocycles. The highest BCUT2D eigenvalue weighted by atomic mass is 32.1. The van der Waals surface area contributed by atoms with Crippen molar-refractivity contribution in [2.45, 2.75) is 37.5 Å². The number of ether oxygens (including phenoxy) is 2. The van der Waals surface area contributed by atoms with Crippen LogP contribution in [0.3, 0.4) is 0 Å². The summed E-state index contributed by atoms with van der Waals surface area (Å²) < 4.78 is 15.7. The molecule has 0 saturated carbocycles. The van der Waals surface area contributed by atoms with Crippen molar-refractivity contribution in [1.29, 1.82) is 0 Å². The highest BCUT2D eigenvalue weighted by Crippen LogP contribution is 2.12. The molecule has 0 bridgehead atoms. The molecule has 0 amide bonds. The normalized spacial score (nSPS) is 15.5. The van der Waals surface area contributed by atoms with E-state index >= 15 is 0 Å². The quantitative estimate of drug-likeness (QED) is 0.305. The fourth-order valence-corrected chi connectivity index (χ4v) is 2.89. The Labute approximate surface area is 88.5 Å². The molecular formula is C8H20O3SSi. The lowest BCUT2D eigenvalue weighted by Crippen LogP contribution is -2.34. The molecule has 0 fully saturated rings. The average molecular weight is 224 g/mol. The van der Waals surface area contributed by atoms with E-state index in [0.717, 1.165) is 12.5 Å². The molecule has 0 aliphatic rings. The Morgan fingerprint density at radius 3 is 2.31 bits per heavy atom. The summed E-state index contributed by atoms with van der Waals surface area (Å²) in [5.74, 6) is -0.841. The van der Waals surface area contributed by atoms with Crippen molar-refractivity contribution in [1.82, 2.24) is 0 Å². The number of rotatable bonds is 7. The van der Waals surface area contributed by atoms with Gasteiger partial charge in [0.05, 0.1) is 0 Å². The van der Waals surface area contributed by atoms with Gasteiger partial charge in [-0.2, -0.15) is 12.6 Å². The Morgan fingerprint density at radius 1 is 1.38 bits per heavy atom. The van der Waals surface area contributed by atoms with Gasteiger partial charge in [-0.25, -0.2) is 0 Å². The Hall–Kier alpha value is 0.447. The second-order valence-corrected chi connectivity index (χ2v) is 5.40. The number of hydrogen-bond donors (Lipinski definition) is 1. The molecule has 0 N–H and O–H groups in total. The van der Waals surface area contributed by atoms with Gasteiger partial charge in [-0.1, -0.05) is 6.92 Å². The second-order valence-electron chi connectivity index (χ2n) is 3.11. The second kappa shape index (κ2) is 6.84. The fourth-order valence-electron chi connectivity index (χ4n) is 0.837. The van der Waals surface area contributed by atoms with Gasteiger partial charge in [0.15, 0.2) is 9.76 Å². The summed E-state index contributed by atoms with van der Waals surface area (Å²) in [4.78, 5) is 0. The molecule has 0 spiro atoms. The van der Waals surface area contributed by atoms with Gasteiger partial charge in [0.25, 0.3) is 5.97 Å². The number of methoxy groups -OCH3 is 2. The van der Waals surface area contributed by atoms with E-state index in [4.69, 9.17) is 13.9 Å². The predicted molar refractivity (Wildman–Crippen MR) is 59.9 cm³/mol. The molecule has 13 heavy (non-hydrogen) atoms. The third-order valence-electron chi connectivity index (χ3n) is 1.87. The van der Waals surface area contributed by atoms with E-state index in [1.807, 2.05) is 0 Å². The van der Waals surface area contributed by atoms with E-state index in [0.29, 0.717) is 5.25 Å². The zero-order valence-corrected chi connectivity index (χ0v) is 11.2. The maximum atomic E-state index is 5.54. The van der Waals surface area contributed by atoms with Gasteiger partial charge in [0.2, 0.25) is 0 Å². The van der Waals surface area contributed by atoms with Crippen LogP contribution in [0.25, 0.3) is 0 Å². The lowest BCUT2D eigenvalue weighted by molar-refractivity contribution is -0.310. The van der Waals surface area contributed by atoms with Gasteiger partial charge in [-0.3, -0.25) is 0 Å². The van der Waals surface area contributed by atoms with Crippen molar-refractivity contribution in [2.24, 2.45) is 0 Å². The third kappa shape index (κ3) is 6.51. The standard InChI is InChI=1S/C8H20O3SSi/c1-7(12)5-6-13-11-8(2,9-3)10-4/h7,12H,5-6,13H2,1-4H3. The fraction of sp³-hybridized carbons (Fsp3) is 1.00. The predicted octanol–water partition coefficient (Wildman–Crippen LogP) is 1.18. The van der Waals surface area contributed by atoms with Crippen LogP contribution in [0.2, 0.25) is 6.04 Å². The van der Waals surface area contributed by atoms with E-state index in [9.17, 15) is 0 Å². The molecule has 1 atom stereocenters. The summed E-state index contributed by atoms with van der Waals surface area (Å²) in [6, 6.07) is 1.10. The van der Waals surface area contributed by atoms with E-state index in [2.05, 4.69) is 19.6 Å². The van der Waals surface area contributed by atoms with Crippen molar-refractivity contribution < 1.29 is 13.9 Å². The van der Waals surface area contributed by atoms with Crippen LogP contribution < -0.4 is 0 Å². The maximum absolute atomic E-state index is 5.54. The Morgan fingerprint density at radius 2 is 1.92 bits per heavy atom. The van der Waals surface area contributed by atoms with Crippen molar-refractivity contribution >= 4 is 22.4 Å². The summed E-state index contributed by atoms with van der Waals surface area (Å²) >= 11 is 4.29. The topological polar surface area (TPSA) is 27.7 Å². The molecular weight excluding hydrogens is 204 g/mol. The molecule has 0 aromatic carbocycles. The van der Waals surface area contributed by atoms with Crippen LogP contribution in [0, 0.1) is 0 Å². The minimum atomic E-state index is -0.841. The van der Waals surface area contributed by atoms with Gasteiger partial charge >= 0.3 is 0 Å². The molecule has 0 rings (SSSR count). The highest BCUT2D eigenvalue weighted by molar-refractivity contribution is 7.80. The Balaban J connectivity index is 3.50. The van der Waals surface area contributed by atoms with Crippen LogP contribution in [-0.4, -0.2) is 35.2 Å². The van der Waals surface area contributed by atoms with Crippen molar-refractivity contribution in [3.8, 4) is 0 Å². The molecule has 0 saturated heterocycles. The number of hydrogen-bond acceptors (Lipinski definition) is 4. The molecule has 3 nitrogen and oxygen atoms in total. The van der Waals surface area contributed by atoms with Gasteiger partial charge in [-0.05, 0) is 17.7 Å². The lowest BCUT2D eigenvalue weighted by atomic mass is 10.4. The SMILES string of the molecule is COC(C)(OC)O[SiH2]CCC(C)S. The summed E-state index contributed by atoms with van der Waals surface area (Å²) in [6.07, 6.45) is 1.10. The first-order valence-electron chi connectivity index (χ1n) is 4.46. The molecule has 0 aliphatic carbocycles. The van der Waals surface area contributed by atoms with Crippen LogP contribution in [0.5, 0.6) is 0 Å². The van der Waals surface area contributed by atoms with Crippen LogP contribution in [0.4, 0.5) is 0 Å². The van der Waals surface area contributed by atoms with E-state index in [1.165, 1.54) is 0 Å². The van der Waals surface area contributed by atoms with Crippen molar-refractivity contribution in [2.75, 3.05) is 14.2 Å². The summed E-state index contributed by atoms with van der Waals surface area (Å²) in [5, 5.41) is 0.451. The van der Waals surface area contributed by atoms with Gasteiger partial charge in [0, 0.05) is 21.1 Å². The Bertz CT molecular complexity index is 129. The molecule has 5 heteroatoms. The first-order chi connectivity index (χ1) is 6.04. The summed E-state index contributed by atoms with van der Waals surface area (Å²) in [5.41, 5.74) is 0. The van der Waals surface area contributed by atoms with Crippen molar-refractivity contribution in [3.05, 3.63) is 0 Å². The van der Waals surface area contributed by atoms with Crippen LogP contribution in [0.1, 0.15) is 20.3 Å². The summed E-state index contributed by atoms with van der Waals surface area (Å²) in [6.45, 7) is 3.87. The number of thiol groups is 1. The summed E-state index contributed by atoms with van der Waals surface area (Å²) in [7, 11) is 2.61. The first kappa shape index (κ1) is 13.4.